The Bertz CT molecular complexity index is 1090. The molecule has 4 rings (SSSR count). The van der Waals surface area contributed by atoms with E-state index in [1.54, 1.807) is 31.2 Å². The Balaban J connectivity index is 1.67. The van der Waals surface area contributed by atoms with Gasteiger partial charge in [0, 0.05) is 18.7 Å². The van der Waals surface area contributed by atoms with Crippen LogP contribution < -0.4 is 29.0 Å². The molecule has 0 radical (unpaired) electrons. The second-order valence-corrected chi connectivity index (χ2v) is 8.63. The molecule has 0 unspecified atom stereocenters. The van der Waals surface area contributed by atoms with Gasteiger partial charge in [-0.25, -0.2) is 0 Å². The molecule has 0 aromatic heterocycles. The van der Waals surface area contributed by atoms with Gasteiger partial charge in [-0.3, -0.25) is 9.69 Å². The Kier molecular flexibility index (Phi) is 7.00. The number of rotatable bonds is 7. The van der Waals surface area contributed by atoms with Gasteiger partial charge in [0.2, 0.25) is 11.5 Å². The second-order valence-electron chi connectivity index (χ2n) is 8.63. The van der Waals surface area contributed by atoms with Crippen molar-refractivity contribution in [3.8, 4) is 28.7 Å². The Hall–Kier alpha value is -3.23. The summed E-state index contributed by atoms with van der Waals surface area (Å²) in [4.78, 5) is 17.0. The number of ether oxygens (including phenoxy) is 4. The summed E-state index contributed by atoms with van der Waals surface area (Å²) in [6, 6.07) is 5.05. The topological polar surface area (TPSA) is 84.7 Å². The first-order valence-corrected chi connectivity index (χ1v) is 11.5. The van der Waals surface area contributed by atoms with Gasteiger partial charge in [-0.2, -0.15) is 0 Å². The highest BCUT2D eigenvalue weighted by Crippen LogP contribution is 2.42. The molecule has 1 saturated heterocycles. The van der Waals surface area contributed by atoms with Crippen LogP contribution in [0.2, 0.25) is 0 Å². The van der Waals surface area contributed by atoms with E-state index in [0.717, 1.165) is 32.7 Å². The first-order chi connectivity index (χ1) is 16.4. The number of nitrogens with one attached hydrogen (secondary N) is 1. The van der Waals surface area contributed by atoms with Crippen molar-refractivity contribution in [2.75, 3.05) is 54.1 Å². The van der Waals surface area contributed by atoms with Crippen LogP contribution in [0.15, 0.2) is 24.0 Å². The summed E-state index contributed by atoms with van der Waals surface area (Å²) in [5, 5.41) is 12.9. The van der Waals surface area contributed by atoms with Gasteiger partial charge in [0.25, 0.3) is 0 Å². The minimum atomic E-state index is -0.228. The van der Waals surface area contributed by atoms with E-state index in [4.69, 9.17) is 18.9 Å². The van der Waals surface area contributed by atoms with Crippen molar-refractivity contribution in [1.82, 2.24) is 4.90 Å². The zero-order valence-corrected chi connectivity index (χ0v) is 20.4. The number of hydrogen-bond donors (Lipinski definition) is 1. The van der Waals surface area contributed by atoms with Crippen LogP contribution in [0.1, 0.15) is 34.0 Å². The number of quaternary nitrogens is 1. The van der Waals surface area contributed by atoms with Crippen LogP contribution in [0.5, 0.6) is 28.7 Å². The summed E-state index contributed by atoms with van der Waals surface area (Å²) in [5.74, 6) is 1.69. The van der Waals surface area contributed by atoms with E-state index in [-0.39, 0.29) is 17.3 Å². The number of Topliss-reactive ketones (excluding diaryl/α,β-unsaturated/α-hetero) is 1. The average molecular weight is 469 g/mol. The number of likely N-dealkylation sites (N-methyl/N-ethyl adjacent to an activating group) is 1. The lowest BCUT2D eigenvalue weighted by Crippen LogP contribution is -3.13. The van der Waals surface area contributed by atoms with Crippen LogP contribution in [-0.4, -0.2) is 64.7 Å². The number of piperazine rings is 1. The normalized spacial score (nSPS) is 17.6. The molecule has 1 N–H and O–H groups in total. The molecule has 1 fully saturated rings. The van der Waals surface area contributed by atoms with Crippen molar-refractivity contribution in [3.05, 3.63) is 46.2 Å². The Morgan fingerprint density at radius 1 is 1.09 bits per heavy atom. The van der Waals surface area contributed by atoms with Crippen LogP contribution in [0.4, 0.5) is 0 Å². The summed E-state index contributed by atoms with van der Waals surface area (Å²) in [6.45, 7) is 9.43. The summed E-state index contributed by atoms with van der Waals surface area (Å²) in [6.07, 6.45) is 1.65. The molecule has 0 amide bonds. The number of hydrogen-bond acceptors (Lipinski definition) is 7. The van der Waals surface area contributed by atoms with Gasteiger partial charge in [0.05, 0.1) is 40.0 Å². The number of carbonyl (C=O) groups excluding carboxylic acids is 1. The number of ketones is 1. The third kappa shape index (κ3) is 4.43. The fourth-order valence-corrected chi connectivity index (χ4v) is 4.68. The standard InChI is InChI=1S/C26H32N2O6/c1-6-27-7-9-28(10-8-27)15-18-19(29)11-16(2)23-24(30)20(34-25(18)23)12-17-13-21(31-3)26(33-5)22(14-17)32-4/h11-14,29H,6-10,15H2,1-5H3. The molecule has 0 bridgehead atoms. The molecular weight excluding hydrogens is 436 g/mol. The van der Waals surface area contributed by atoms with E-state index >= 15 is 0 Å². The maximum absolute atomic E-state index is 13.3. The smallest absolute Gasteiger partial charge is 0.232 e. The quantitative estimate of drug-likeness (QED) is 0.616. The highest BCUT2D eigenvalue weighted by molar-refractivity contribution is 6.15. The number of fused-ring (bicyclic) bond motifs is 1. The van der Waals surface area contributed by atoms with E-state index in [1.165, 1.54) is 26.2 Å². The maximum atomic E-state index is 13.3. The lowest BCUT2D eigenvalue weighted by Gasteiger charge is -2.32. The van der Waals surface area contributed by atoms with Gasteiger partial charge in [-0.15, -0.1) is 0 Å². The second kappa shape index (κ2) is 9.95. The third-order valence-corrected chi connectivity index (χ3v) is 6.63. The highest BCUT2D eigenvalue weighted by Gasteiger charge is 2.33. The molecular formula is C26H32N2O6. The molecule has 0 saturated carbocycles. The van der Waals surface area contributed by atoms with Crippen LogP contribution in [0, 0.1) is 6.92 Å². The largest absolute Gasteiger partial charge is 0.872 e. The summed E-state index contributed by atoms with van der Waals surface area (Å²) in [5.41, 5.74) is 2.34. The molecule has 34 heavy (non-hydrogen) atoms. The van der Waals surface area contributed by atoms with E-state index in [0.29, 0.717) is 51.8 Å². The summed E-state index contributed by atoms with van der Waals surface area (Å²) >= 11 is 0. The van der Waals surface area contributed by atoms with Gasteiger partial charge in [-0.05, 0) is 42.8 Å². The van der Waals surface area contributed by atoms with Crippen molar-refractivity contribution in [2.45, 2.75) is 20.4 Å². The molecule has 2 aliphatic rings. The van der Waals surface area contributed by atoms with Gasteiger partial charge < -0.3 is 29.0 Å². The Morgan fingerprint density at radius 3 is 2.29 bits per heavy atom. The number of nitrogens with zero attached hydrogens (tertiary/aromatic N) is 1. The van der Waals surface area contributed by atoms with Crippen LogP contribution >= 0.6 is 0 Å². The number of carbonyl (C=O) groups is 1. The SMILES string of the molecule is CCN1CC[NH+](Cc2c([O-])cc(C)c3c2OC(=Cc2cc(OC)c(OC)c(OC)c2)C3=O)CC1. The Morgan fingerprint density at radius 2 is 1.74 bits per heavy atom. The van der Waals surface area contributed by atoms with E-state index in [2.05, 4.69) is 11.8 Å². The predicted octanol–water partition coefficient (Wildman–Crippen LogP) is 1.43. The van der Waals surface area contributed by atoms with E-state index < -0.39 is 0 Å². The molecule has 8 heteroatoms. The first kappa shape index (κ1) is 23.9. The van der Waals surface area contributed by atoms with Gasteiger partial charge in [-0.1, -0.05) is 18.7 Å². The fraction of sp³-hybridized carbons (Fsp3) is 0.423. The van der Waals surface area contributed by atoms with Crippen LogP contribution in [0.3, 0.4) is 0 Å². The minimum absolute atomic E-state index is 0.0801. The molecule has 2 aromatic rings. The van der Waals surface area contributed by atoms with Crippen molar-refractivity contribution in [2.24, 2.45) is 0 Å². The molecule has 0 spiro atoms. The molecule has 8 nitrogen and oxygen atoms in total. The van der Waals surface area contributed by atoms with Crippen molar-refractivity contribution < 1.29 is 33.7 Å². The molecule has 0 aliphatic carbocycles. The fourth-order valence-electron chi connectivity index (χ4n) is 4.68. The van der Waals surface area contributed by atoms with Crippen molar-refractivity contribution in [3.63, 3.8) is 0 Å². The Labute approximate surface area is 200 Å². The minimum Gasteiger partial charge on any atom is -0.872 e. The van der Waals surface area contributed by atoms with Crippen molar-refractivity contribution in [1.29, 1.82) is 0 Å². The van der Waals surface area contributed by atoms with Gasteiger partial charge in [0.1, 0.15) is 12.3 Å². The zero-order valence-electron chi connectivity index (χ0n) is 20.4. The summed E-state index contributed by atoms with van der Waals surface area (Å²) in [7, 11) is 4.61. The zero-order chi connectivity index (χ0) is 24.4. The number of allylic oxidation sites excluding steroid dienone is 1. The molecule has 182 valence electrons. The van der Waals surface area contributed by atoms with Gasteiger partial charge in [0.15, 0.2) is 17.3 Å². The maximum Gasteiger partial charge on any atom is 0.232 e. The third-order valence-electron chi connectivity index (χ3n) is 6.63. The summed E-state index contributed by atoms with van der Waals surface area (Å²) < 4.78 is 22.3. The number of methoxy groups -OCH3 is 3. The molecule has 2 aromatic carbocycles. The monoisotopic (exact) mass is 468 g/mol. The highest BCUT2D eigenvalue weighted by atomic mass is 16.5. The first-order valence-electron chi connectivity index (χ1n) is 11.5. The van der Waals surface area contributed by atoms with Crippen molar-refractivity contribution >= 4 is 11.9 Å². The predicted molar refractivity (Wildman–Crippen MR) is 126 cm³/mol. The van der Waals surface area contributed by atoms with Gasteiger partial charge >= 0.3 is 0 Å². The molecule has 0 atom stereocenters. The lowest BCUT2D eigenvalue weighted by atomic mass is 9.99. The van der Waals surface area contributed by atoms with Crippen LogP contribution in [-0.2, 0) is 6.54 Å². The number of aryl methyl sites for hydroxylation is 1. The van der Waals surface area contributed by atoms with E-state index in [1.807, 2.05) is 0 Å². The molecule has 2 aliphatic heterocycles. The van der Waals surface area contributed by atoms with E-state index in [9.17, 15) is 9.90 Å². The number of benzene rings is 2. The average Bonchev–Trinajstić information content (AvgIpc) is 3.17. The lowest BCUT2D eigenvalue weighted by molar-refractivity contribution is -0.918. The van der Waals surface area contributed by atoms with Crippen LogP contribution in [0.25, 0.3) is 6.08 Å². The molecule has 2 heterocycles.